The molecule has 0 bridgehead atoms. The van der Waals surface area contributed by atoms with Gasteiger partial charge in [-0.1, -0.05) is 30.3 Å². The second-order valence-electron chi connectivity index (χ2n) is 4.69. The van der Waals surface area contributed by atoms with Crippen molar-refractivity contribution in [1.29, 1.82) is 0 Å². The van der Waals surface area contributed by atoms with Crippen LogP contribution in [0.2, 0.25) is 0 Å². The Morgan fingerprint density at radius 2 is 2.15 bits per heavy atom. The van der Waals surface area contributed by atoms with Crippen molar-refractivity contribution in [3.63, 3.8) is 0 Å². The van der Waals surface area contributed by atoms with Crippen molar-refractivity contribution < 1.29 is 4.79 Å². The highest BCUT2D eigenvalue weighted by Crippen LogP contribution is 2.20. The van der Waals surface area contributed by atoms with Crippen LogP contribution in [-0.4, -0.2) is 27.4 Å². The van der Waals surface area contributed by atoms with Crippen molar-refractivity contribution in [1.82, 2.24) is 19.9 Å². The summed E-state index contributed by atoms with van der Waals surface area (Å²) in [7, 11) is 3.80. The Morgan fingerprint density at radius 1 is 1.45 bits per heavy atom. The molecule has 0 spiro atoms. The minimum Gasteiger partial charge on any atom is -0.337 e. The molecule has 0 fully saturated rings. The summed E-state index contributed by atoms with van der Waals surface area (Å²) >= 11 is 0. The highest BCUT2D eigenvalue weighted by atomic mass is 16.2. The van der Waals surface area contributed by atoms with E-state index in [1.54, 1.807) is 6.20 Å². The molecular formula is C14H19N5O. The molecule has 0 aliphatic rings. The number of nitrogens with one attached hydrogen (secondary N) is 1. The number of carbonyl (C=O) groups excluding carboxylic acids is 1. The number of likely N-dealkylation sites (N-methyl/N-ethyl adjacent to an activating group) is 1. The van der Waals surface area contributed by atoms with Crippen molar-refractivity contribution in [3.05, 3.63) is 54.1 Å². The molecule has 0 radical (unpaired) electrons. The summed E-state index contributed by atoms with van der Waals surface area (Å²) in [5, 5.41) is 0. The molecule has 2 rings (SSSR count). The molecule has 0 aliphatic heterocycles. The number of aromatic nitrogens is 2. The maximum Gasteiger partial charge on any atom is 0.255 e. The molecule has 1 unspecified atom stereocenters. The van der Waals surface area contributed by atoms with Gasteiger partial charge >= 0.3 is 0 Å². The predicted octanol–water partition coefficient (Wildman–Crippen LogP) is 0.583. The van der Waals surface area contributed by atoms with E-state index in [1.807, 2.05) is 60.1 Å². The van der Waals surface area contributed by atoms with E-state index in [0.717, 1.165) is 11.4 Å². The summed E-state index contributed by atoms with van der Waals surface area (Å²) in [4.78, 5) is 18.3. The molecule has 1 atom stereocenters. The van der Waals surface area contributed by atoms with Crippen molar-refractivity contribution >= 4 is 5.91 Å². The Labute approximate surface area is 118 Å². The smallest absolute Gasteiger partial charge is 0.255 e. The number of carbonyl (C=O) groups is 1. The fourth-order valence-corrected chi connectivity index (χ4v) is 2.18. The highest BCUT2D eigenvalue weighted by Gasteiger charge is 2.25. The Kier molecular flexibility index (Phi) is 4.49. The zero-order valence-corrected chi connectivity index (χ0v) is 11.7. The van der Waals surface area contributed by atoms with Crippen LogP contribution in [0.4, 0.5) is 0 Å². The average Bonchev–Trinajstić information content (AvgIpc) is 2.85. The lowest BCUT2D eigenvalue weighted by Crippen LogP contribution is -2.41. The maximum absolute atomic E-state index is 12.1. The third kappa shape index (κ3) is 3.04. The van der Waals surface area contributed by atoms with Gasteiger partial charge in [-0.05, 0) is 12.6 Å². The van der Waals surface area contributed by atoms with Gasteiger partial charge in [-0.2, -0.15) is 0 Å². The molecule has 0 saturated heterocycles. The largest absolute Gasteiger partial charge is 0.337 e. The van der Waals surface area contributed by atoms with E-state index in [4.69, 9.17) is 5.84 Å². The fourth-order valence-electron chi connectivity index (χ4n) is 2.18. The third-order valence-corrected chi connectivity index (χ3v) is 3.26. The fraction of sp³-hybridized carbons (Fsp3) is 0.286. The lowest BCUT2D eigenvalue weighted by atomic mass is 10.1. The number of amides is 1. The van der Waals surface area contributed by atoms with Crippen molar-refractivity contribution in [3.8, 4) is 0 Å². The highest BCUT2D eigenvalue weighted by molar-refractivity contribution is 5.82. The summed E-state index contributed by atoms with van der Waals surface area (Å²) in [5.74, 6) is 5.95. The first-order chi connectivity index (χ1) is 9.63. The molecule has 6 heteroatoms. The molecule has 106 valence electrons. The Balaban J connectivity index is 2.23. The van der Waals surface area contributed by atoms with E-state index in [9.17, 15) is 4.79 Å². The van der Waals surface area contributed by atoms with Crippen LogP contribution in [0.15, 0.2) is 42.7 Å². The minimum atomic E-state index is -0.446. The van der Waals surface area contributed by atoms with Gasteiger partial charge in [0.25, 0.3) is 5.91 Å². The van der Waals surface area contributed by atoms with Crippen LogP contribution < -0.4 is 11.3 Å². The molecule has 3 N–H and O–H groups in total. The number of benzene rings is 1. The monoisotopic (exact) mass is 273 g/mol. The summed E-state index contributed by atoms with van der Waals surface area (Å²) in [6.07, 6.45) is 3.62. The first-order valence-corrected chi connectivity index (χ1v) is 6.35. The predicted molar refractivity (Wildman–Crippen MR) is 76.2 cm³/mol. The standard InChI is InChI=1S/C14H19N5O/c1-18-9-8-16-12(18)10-19(2)13(14(20)17-15)11-6-4-3-5-7-11/h3-9,13H,10,15H2,1-2H3,(H,17,20). The van der Waals surface area contributed by atoms with Gasteiger partial charge in [0, 0.05) is 19.4 Å². The van der Waals surface area contributed by atoms with Gasteiger partial charge in [0.2, 0.25) is 0 Å². The lowest BCUT2D eigenvalue weighted by molar-refractivity contribution is -0.126. The molecule has 1 heterocycles. The van der Waals surface area contributed by atoms with Gasteiger partial charge in [0.1, 0.15) is 11.9 Å². The minimum absolute atomic E-state index is 0.243. The van der Waals surface area contributed by atoms with Gasteiger partial charge in [-0.25, -0.2) is 10.8 Å². The molecule has 1 amide bonds. The first-order valence-electron chi connectivity index (χ1n) is 6.35. The van der Waals surface area contributed by atoms with Crippen LogP contribution in [-0.2, 0) is 18.4 Å². The van der Waals surface area contributed by atoms with E-state index >= 15 is 0 Å². The normalized spacial score (nSPS) is 12.4. The second kappa shape index (κ2) is 6.31. The second-order valence-corrected chi connectivity index (χ2v) is 4.69. The SMILES string of the molecule is CN(Cc1nccn1C)C(C(=O)NN)c1ccccc1. The Morgan fingerprint density at radius 3 is 2.70 bits per heavy atom. The van der Waals surface area contributed by atoms with Gasteiger partial charge in [-0.3, -0.25) is 15.1 Å². The molecule has 1 aromatic heterocycles. The van der Waals surface area contributed by atoms with Crippen LogP contribution in [0.1, 0.15) is 17.4 Å². The molecule has 0 saturated carbocycles. The molecular weight excluding hydrogens is 254 g/mol. The van der Waals surface area contributed by atoms with Crippen LogP contribution in [0.25, 0.3) is 0 Å². The number of hydrogen-bond acceptors (Lipinski definition) is 4. The summed E-state index contributed by atoms with van der Waals surface area (Å²) < 4.78 is 1.93. The van der Waals surface area contributed by atoms with E-state index in [0.29, 0.717) is 6.54 Å². The van der Waals surface area contributed by atoms with E-state index in [1.165, 1.54) is 0 Å². The van der Waals surface area contributed by atoms with Gasteiger partial charge < -0.3 is 4.57 Å². The van der Waals surface area contributed by atoms with Crippen LogP contribution in [0, 0.1) is 0 Å². The zero-order valence-electron chi connectivity index (χ0n) is 11.7. The lowest BCUT2D eigenvalue weighted by Gasteiger charge is -2.26. The van der Waals surface area contributed by atoms with Crippen molar-refractivity contribution in [2.75, 3.05) is 7.05 Å². The third-order valence-electron chi connectivity index (χ3n) is 3.26. The van der Waals surface area contributed by atoms with Crippen LogP contribution in [0.3, 0.4) is 0 Å². The number of imidazole rings is 1. The zero-order chi connectivity index (χ0) is 14.5. The van der Waals surface area contributed by atoms with Gasteiger partial charge in [-0.15, -0.1) is 0 Å². The van der Waals surface area contributed by atoms with E-state index in [2.05, 4.69) is 10.4 Å². The molecule has 6 nitrogen and oxygen atoms in total. The first kappa shape index (κ1) is 14.2. The van der Waals surface area contributed by atoms with Crippen LogP contribution in [0.5, 0.6) is 0 Å². The Bertz CT molecular complexity index is 566. The number of hydrogen-bond donors (Lipinski definition) is 2. The number of rotatable bonds is 5. The van der Waals surface area contributed by atoms with Crippen molar-refractivity contribution in [2.24, 2.45) is 12.9 Å². The van der Waals surface area contributed by atoms with Crippen molar-refractivity contribution in [2.45, 2.75) is 12.6 Å². The van der Waals surface area contributed by atoms with Gasteiger partial charge in [0.05, 0.1) is 6.54 Å². The number of nitrogens with zero attached hydrogens (tertiary/aromatic N) is 3. The summed E-state index contributed by atoms with van der Waals surface area (Å²) in [5.41, 5.74) is 3.13. The molecule has 0 aliphatic carbocycles. The topological polar surface area (TPSA) is 76.2 Å². The average molecular weight is 273 g/mol. The Hall–Kier alpha value is -2.18. The number of nitrogens with two attached hydrogens (primary N) is 1. The number of aryl methyl sites for hydroxylation is 1. The van der Waals surface area contributed by atoms with Crippen LogP contribution >= 0.6 is 0 Å². The molecule has 2 aromatic rings. The number of hydrazine groups is 1. The summed E-state index contributed by atoms with van der Waals surface area (Å²) in [6.45, 7) is 0.552. The van der Waals surface area contributed by atoms with E-state index in [-0.39, 0.29) is 5.91 Å². The maximum atomic E-state index is 12.1. The molecule has 20 heavy (non-hydrogen) atoms. The quantitative estimate of drug-likeness (QED) is 0.475. The van der Waals surface area contributed by atoms with Gasteiger partial charge in [0.15, 0.2) is 0 Å². The summed E-state index contributed by atoms with van der Waals surface area (Å²) in [6, 6.07) is 9.10. The molecule has 1 aromatic carbocycles. The van der Waals surface area contributed by atoms with E-state index < -0.39 is 6.04 Å².